The number of alkyl halides is 2. The van der Waals surface area contributed by atoms with Gasteiger partial charge in [0.1, 0.15) is 18.1 Å². The van der Waals surface area contributed by atoms with Gasteiger partial charge in [-0.25, -0.2) is 18.6 Å². The van der Waals surface area contributed by atoms with Crippen molar-refractivity contribution in [3.05, 3.63) is 115 Å². The Morgan fingerprint density at radius 2 is 1.17 bits per heavy atom. The van der Waals surface area contributed by atoms with Gasteiger partial charge < -0.3 is 14.2 Å². The molecule has 276 valence electrons. The summed E-state index contributed by atoms with van der Waals surface area (Å²) in [6.07, 6.45) is -1.47. The molecule has 7 rings (SSSR count). The van der Waals surface area contributed by atoms with Crippen molar-refractivity contribution in [3.8, 4) is 11.5 Å². The zero-order chi connectivity index (χ0) is 38.4. The van der Waals surface area contributed by atoms with E-state index in [0.717, 1.165) is 22.6 Å². The van der Waals surface area contributed by atoms with E-state index in [9.17, 15) is 37.5 Å². The van der Waals surface area contributed by atoms with E-state index in [1.165, 1.54) is 60.7 Å². The number of amides is 4. The second kappa shape index (κ2) is 14.8. The highest BCUT2D eigenvalue weighted by molar-refractivity contribution is 6.45. The van der Waals surface area contributed by atoms with Crippen LogP contribution in [-0.2, 0) is 27.2 Å². The number of fused-ring (bicyclic) bond motifs is 2. The van der Waals surface area contributed by atoms with Crippen LogP contribution >= 0.6 is 34.8 Å². The van der Waals surface area contributed by atoms with Crippen molar-refractivity contribution < 1.29 is 51.8 Å². The SMILES string of the molecule is O=C(Cc1ccc(N2C(=O)c3c(Cl)ccc(OCC(F)F)c3C2=O)cc1)OC(=O)Cc1ccc(N2C(=O)c3c(Cl)ccc(OCC4CC4)c3C2=O)c(Cl)c1. The lowest BCUT2D eigenvalue weighted by Gasteiger charge is -2.16. The number of rotatable bonds is 12. The molecule has 54 heavy (non-hydrogen) atoms. The molecule has 2 heterocycles. The average molecular weight is 798 g/mol. The fourth-order valence-corrected chi connectivity index (χ4v) is 6.83. The van der Waals surface area contributed by atoms with Crippen molar-refractivity contribution in [1.29, 1.82) is 0 Å². The number of carbonyl (C=O) groups is 6. The molecule has 1 fully saturated rings. The van der Waals surface area contributed by atoms with E-state index in [0.29, 0.717) is 23.7 Å². The number of hydrogen-bond acceptors (Lipinski definition) is 9. The largest absolute Gasteiger partial charge is 0.492 e. The number of anilines is 2. The van der Waals surface area contributed by atoms with Gasteiger partial charge >= 0.3 is 11.9 Å². The van der Waals surface area contributed by atoms with Crippen LogP contribution in [-0.4, -0.2) is 55.2 Å². The topological polar surface area (TPSA) is 137 Å². The first-order valence-electron chi connectivity index (χ1n) is 16.4. The number of benzene rings is 4. The molecule has 3 aliphatic rings. The van der Waals surface area contributed by atoms with Gasteiger partial charge in [0, 0.05) is 0 Å². The second-order valence-electron chi connectivity index (χ2n) is 12.6. The predicted molar refractivity (Wildman–Crippen MR) is 191 cm³/mol. The molecule has 0 unspecified atom stereocenters. The number of nitrogens with zero attached hydrogens (tertiary/aromatic N) is 2. The molecule has 0 spiro atoms. The molecule has 1 saturated carbocycles. The van der Waals surface area contributed by atoms with Gasteiger partial charge in [-0.15, -0.1) is 0 Å². The number of halogens is 5. The van der Waals surface area contributed by atoms with Crippen LogP contribution in [0.5, 0.6) is 11.5 Å². The van der Waals surface area contributed by atoms with E-state index in [-0.39, 0.29) is 73.0 Å². The van der Waals surface area contributed by atoms with Crippen LogP contribution in [0.25, 0.3) is 0 Å². The Labute approximate surface area is 320 Å². The van der Waals surface area contributed by atoms with Gasteiger partial charge in [0.25, 0.3) is 30.1 Å². The summed E-state index contributed by atoms with van der Waals surface area (Å²) >= 11 is 19.0. The Balaban J connectivity index is 0.970. The zero-order valence-electron chi connectivity index (χ0n) is 27.7. The summed E-state index contributed by atoms with van der Waals surface area (Å²) in [5.74, 6) is -4.31. The van der Waals surface area contributed by atoms with Crippen molar-refractivity contribution in [2.75, 3.05) is 23.0 Å². The number of esters is 2. The average Bonchev–Trinajstić information content (AvgIpc) is 3.86. The van der Waals surface area contributed by atoms with Crippen LogP contribution in [0.4, 0.5) is 20.2 Å². The number of carbonyl (C=O) groups excluding carboxylic acids is 6. The van der Waals surface area contributed by atoms with E-state index < -0.39 is 48.6 Å². The van der Waals surface area contributed by atoms with E-state index >= 15 is 0 Å². The second-order valence-corrected chi connectivity index (χ2v) is 13.8. The molecular weight excluding hydrogens is 773 g/mol. The fraction of sp³-hybridized carbons (Fsp3) is 0.211. The van der Waals surface area contributed by atoms with E-state index in [1.54, 1.807) is 6.07 Å². The van der Waals surface area contributed by atoms with Gasteiger partial charge in [-0.2, -0.15) is 0 Å². The van der Waals surface area contributed by atoms with E-state index in [4.69, 9.17) is 49.0 Å². The van der Waals surface area contributed by atoms with Crippen LogP contribution < -0.4 is 19.3 Å². The first-order chi connectivity index (χ1) is 25.8. The molecule has 11 nitrogen and oxygen atoms in total. The molecule has 0 atom stereocenters. The molecule has 0 bridgehead atoms. The summed E-state index contributed by atoms with van der Waals surface area (Å²) in [6.45, 7) is -0.576. The van der Waals surface area contributed by atoms with Crippen molar-refractivity contribution in [1.82, 2.24) is 0 Å². The molecule has 4 aromatic carbocycles. The van der Waals surface area contributed by atoms with Gasteiger partial charge in [-0.05, 0) is 78.4 Å². The third-order valence-electron chi connectivity index (χ3n) is 8.81. The maximum Gasteiger partial charge on any atom is 0.317 e. The molecule has 16 heteroatoms. The molecule has 0 aromatic heterocycles. The zero-order valence-corrected chi connectivity index (χ0v) is 30.0. The fourth-order valence-electron chi connectivity index (χ4n) is 6.07. The minimum absolute atomic E-state index is 0.00839. The lowest BCUT2D eigenvalue weighted by atomic mass is 10.1. The van der Waals surface area contributed by atoms with E-state index in [1.807, 2.05) is 0 Å². The highest BCUT2D eigenvalue weighted by atomic mass is 35.5. The molecule has 1 aliphatic carbocycles. The third kappa shape index (κ3) is 7.14. The number of imide groups is 2. The van der Waals surface area contributed by atoms with Gasteiger partial charge in [0.15, 0.2) is 0 Å². The summed E-state index contributed by atoms with van der Waals surface area (Å²) in [4.78, 5) is 80.3. The summed E-state index contributed by atoms with van der Waals surface area (Å²) in [7, 11) is 0. The summed E-state index contributed by atoms with van der Waals surface area (Å²) in [5.41, 5.74) is 0.505. The molecule has 4 amide bonds. The summed E-state index contributed by atoms with van der Waals surface area (Å²) in [6, 6.07) is 15.4. The van der Waals surface area contributed by atoms with E-state index in [2.05, 4.69) is 0 Å². The lowest BCUT2D eigenvalue weighted by Crippen LogP contribution is -2.29. The van der Waals surface area contributed by atoms with Gasteiger partial charge in [0.05, 0.1) is 68.1 Å². The molecular formula is C38H25Cl3F2N2O9. The minimum Gasteiger partial charge on any atom is -0.492 e. The minimum atomic E-state index is -2.81. The quantitative estimate of drug-likeness (QED) is 0.0810. The van der Waals surface area contributed by atoms with Gasteiger partial charge in [0.2, 0.25) is 0 Å². The molecule has 2 aliphatic heterocycles. The predicted octanol–water partition coefficient (Wildman–Crippen LogP) is 7.54. The van der Waals surface area contributed by atoms with Crippen LogP contribution in [0.1, 0.15) is 65.4 Å². The Bertz CT molecular complexity index is 2280. The molecule has 0 saturated heterocycles. The lowest BCUT2D eigenvalue weighted by molar-refractivity contribution is -0.158. The first-order valence-corrected chi connectivity index (χ1v) is 17.5. The molecule has 0 radical (unpaired) electrons. The first kappa shape index (κ1) is 37.0. The molecule has 4 aromatic rings. The Morgan fingerprint density at radius 1 is 0.648 bits per heavy atom. The standard InChI is InChI=1S/C38H25Cl3F2N2O9/c39-22-9-12-27(53-17-28(42)43)33-31(22)35(48)44(37(33)50)21-6-3-18(4-7-21)14-29(46)54-30(47)15-20-5-10-25(24(41)13-20)45-36(49)32-23(40)8-11-26(34(32)38(45)51)52-16-19-1-2-19/h3-13,19,28H,1-2,14-17H2. The highest BCUT2D eigenvalue weighted by Gasteiger charge is 2.43. The van der Waals surface area contributed by atoms with Crippen molar-refractivity contribution in [2.45, 2.75) is 32.1 Å². The van der Waals surface area contributed by atoms with Crippen LogP contribution in [0.15, 0.2) is 66.7 Å². The Morgan fingerprint density at radius 3 is 1.74 bits per heavy atom. The third-order valence-corrected chi connectivity index (χ3v) is 9.74. The number of hydrogen-bond donors (Lipinski definition) is 0. The summed E-state index contributed by atoms with van der Waals surface area (Å²) < 4.78 is 41.4. The summed E-state index contributed by atoms with van der Waals surface area (Å²) in [5, 5.41) is 0.00795. The van der Waals surface area contributed by atoms with Gasteiger partial charge in [-0.1, -0.05) is 53.0 Å². The smallest absolute Gasteiger partial charge is 0.317 e. The van der Waals surface area contributed by atoms with Gasteiger partial charge in [-0.3, -0.25) is 28.8 Å². The normalized spacial score (nSPS) is 14.9. The van der Waals surface area contributed by atoms with Crippen LogP contribution in [0.3, 0.4) is 0 Å². The Hall–Kier alpha value is -5.37. The van der Waals surface area contributed by atoms with Crippen molar-refractivity contribution >= 4 is 81.7 Å². The maximum atomic E-state index is 13.5. The highest BCUT2D eigenvalue weighted by Crippen LogP contribution is 2.42. The monoisotopic (exact) mass is 796 g/mol. The van der Waals surface area contributed by atoms with Crippen molar-refractivity contribution in [2.24, 2.45) is 5.92 Å². The maximum absolute atomic E-state index is 13.5. The molecule has 0 N–H and O–H groups in total. The Kier molecular flexibility index (Phi) is 10.1. The van der Waals surface area contributed by atoms with Crippen LogP contribution in [0.2, 0.25) is 15.1 Å². The van der Waals surface area contributed by atoms with Crippen LogP contribution in [0, 0.1) is 5.92 Å². The number of ether oxygens (including phenoxy) is 3. The van der Waals surface area contributed by atoms with Crippen molar-refractivity contribution in [3.63, 3.8) is 0 Å².